The van der Waals surface area contributed by atoms with E-state index >= 15 is 0 Å². The van der Waals surface area contributed by atoms with Gasteiger partial charge >= 0.3 is 84.7 Å². The van der Waals surface area contributed by atoms with E-state index in [-0.39, 0.29) is 11.4 Å². The molecule has 0 saturated carbocycles. The van der Waals surface area contributed by atoms with Crippen molar-refractivity contribution in [2.24, 2.45) is 0 Å². The summed E-state index contributed by atoms with van der Waals surface area (Å²) in [7, 11) is 0. The predicted molar refractivity (Wildman–Crippen MR) is 159 cm³/mol. The third-order valence-electron chi connectivity index (χ3n) is 8.30. The summed E-state index contributed by atoms with van der Waals surface area (Å²) in [6.45, 7) is 2.01. The average Bonchev–Trinajstić information content (AvgIpc) is 3.14. The van der Waals surface area contributed by atoms with Crippen molar-refractivity contribution in [2.45, 2.75) is 137 Å². The molecule has 0 saturated heterocycles. The van der Waals surface area contributed by atoms with Gasteiger partial charge in [-0.1, -0.05) is 39.0 Å². The Kier molecular flexibility index (Phi) is 16.6. The smallest absolute Gasteiger partial charge is 0.454 e. The third-order valence-corrected chi connectivity index (χ3v) is 8.30. The summed E-state index contributed by atoms with van der Waals surface area (Å²) in [6.07, 6.45) is -55.3. The van der Waals surface area contributed by atoms with Crippen LogP contribution in [-0.4, -0.2) is 94.7 Å². The second-order valence-corrected chi connectivity index (χ2v) is 13.3. The number of alkyl halides is 28. The molecular formula is C32H24F28N2O4. The van der Waals surface area contributed by atoms with E-state index in [0.717, 1.165) is 64.9 Å². The first-order chi connectivity index (χ1) is 29.3. The van der Waals surface area contributed by atoms with Gasteiger partial charge in [-0.25, -0.2) is 24.2 Å². The molecule has 66 heavy (non-hydrogen) atoms. The Hall–Kier alpha value is -3.98. The van der Waals surface area contributed by atoms with Crippen LogP contribution in [0.25, 0.3) is 11.4 Å². The molecule has 0 amide bonds. The molecule has 0 aliphatic rings. The van der Waals surface area contributed by atoms with Crippen molar-refractivity contribution in [3.8, 4) is 17.1 Å². The molecule has 6 nitrogen and oxygen atoms in total. The topological polar surface area (TPSA) is 62.7 Å². The van der Waals surface area contributed by atoms with E-state index in [0.29, 0.717) is 24.1 Å². The number of benzene rings is 1. The van der Waals surface area contributed by atoms with E-state index < -0.39 is 90.5 Å². The maximum Gasteiger partial charge on any atom is 0.460 e. The van der Waals surface area contributed by atoms with Crippen molar-refractivity contribution >= 4 is 0 Å². The number of nitrogens with zero attached hydrogens (tertiary/aromatic N) is 2. The zero-order chi connectivity index (χ0) is 51.8. The summed E-state index contributed by atoms with van der Waals surface area (Å²) in [5.74, 6) is -52.0. The second kappa shape index (κ2) is 18.8. The first kappa shape index (κ1) is 58.1. The normalized spacial score (nSPS) is 15.6. The molecule has 0 N–H and O–H groups in total. The number of unbranched alkanes of at least 4 members (excludes halogenated alkanes) is 5. The van der Waals surface area contributed by atoms with E-state index in [2.05, 4.69) is 14.7 Å². The van der Waals surface area contributed by atoms with E-state index in [1.807, 2.05) is 6.92 Å². The number of aromatic nitrogens is 2. The highest BCUT2D eigenvalue weighted by Crippen LogP contribution is 2.61. The Bertz CT molecular complexity index is 1890. The lowest BCUT2D eigenvalue weighted by Crippen LogP contribution is -2.71. The highest BCUT2D eigenvalue weighted by atomic mass is 19.4. The van der Waals surface area contributed by atoms with Gasteiger partial charge in [0.25, 0.3) is 0 Å². The van der Waals surface area contributed by atoms with E-state index in [1.165, 1.54) is 12.4 Å². The Balaban J connectivity index is 2.30. The Labute approximate surface area is 348 Å². The SMILES string of the molecule is CCCCCCCCc1cnc(-c2ccc(OC(F)C(F)(F)C(F)(F)C(F)(F)C(F)(F)C(F)(F)OC(F)(F)C(F)(F)OC(F)(F)C(F)(F)OC(F)(F)C(F)(F)C(F)(F)C(F)(F)F)cc2)nc1. The molecule has 1 atom stereocenters. The molecule has 0 radical (unpaired) electrons. The van der Waals surface area contributed by atoms with Gasteiger partial charge in [-0.2, -0.15) is 123 Å². The summed E-state index contributed by atoms with van der Waals surface area (Å²) in [4.78, 5) is 7.94. The summed E-state index contributed by atoms with van der Waals surface area (Å²) >= 11 is 0. The van der Waals surface area contributed by atoms with Gasteiger partial charge in [-0.05, 0) is 42.7 Å². The zero-order valence-corrected chi connectivity index (χ0v) is 31.6. The van der Waals surface area contributed by atoms with Crippen molar-refractivity contribution in [1.29, 1.82) is 0 Å². The van der Waals surface area contributed by atoms with E-state index in [1.54, 1.807) is 0 Å². The van der Waals surface area contributed by atoms with Gasteiger partial charge in [0.05, 0.1) is 0 Å². The number of ether oxygens (including phenoxy) is 4. The lowest BCUT2D eigenvalue weighted by Gasteiger charge is -2.40. The largest absolute Gasteiger partial charge is 0.460 e. The molecule has 2 aromatic rings. The number of hydrogen-bond donors (Lipinski definition) is 0. The molecule has 382 valence electrons. The molecule has 0 bridgehead atoms. The van der Waals surface area contributed by atoms with Crippen molar-refractivity contribution < 1.29 is 142 Å². The number of hydrogen-bond acceptors (Lipinski definition) is 6. The third kappa shape index (κ3) is 11.1. The van der Waals surface area contributed by atoms with Gasteiger partial charge in [-0.3, -0.25) is 0 Å². The molecule has 1 aromatic carbocycles. The fraction of sp³-hybridized carbons (Fsp3) is 0.688. The van der Waals surface area contributed by atoms with Crippen LogP contribution in [0.4, 0.5) is 123 Å². The standard InChI is InChI=1S/C32H24F28N2O4/c1-2-3-4-5-6-7-8-15-13-61-18(62-14-15)16-9-11-17(12-10-16)63-19(33)20(34,35)21(36,37)22(38,39)24(42,43)27(49,50)64-29(53,54)31(57,58)66-32(59,60)30(55,56)65-28(51,52)25(44,45)23(40,41)26(46,47)48/h9-14,19H,2-8H2,1H3. The van der Waals surface area contributed by atoms with Crippen molar-refractivity contribution in [2.75, 3.05) is 0 Å². The maximum atomic E-state index is 14.4. The fourth-order valence-corrected chi connectivity index (χ4v) is 4.56. The first-order valence-corrected chi connectivity index (χ1v) is 17.2. The molecule has 2 rings (SSSR count). The zero-order valence-electron chi connectivity index (χ0n) is 31.6. The van der Waals surface area contributed by atoms with Crippen LogP contribution in [0.15, 0.2) is 36.7 Å². The van der Waals surface area contributed by atoms with Gasteiger partial charge in [-0.15, -0.1) is 0 Å². The molecular weight excluding hydrogens is 1010 g/mol. The Morgan fingerprint density at radius 3 is 1.20 bits per heavy atom. The molecule has 1 unspecified atom stereocenters. The van der Waals surface area contributed by atoms with Gasteiger partial charge in [0.15, 0.2) is 5.82 Å². The number of halogens is 28. The summed E-state index contributed by atoms with van der Waals surface area (Å²) < 4.78 is 387. The van der Waals surface area contributed by atoms with E-state index in [9.17, 15) is 123 Å². The average molecular weight is 1030 g/mol. The van der Waals surface area contributed by atoms with Crippen LogP contribution in [-0.2, 0) is 20.6 Å². The summed E-state index contributed by atoms with van der Waals surface area (Å²) in [6, 6.07) is 2.31. The quantitative estimate of drug-likeness (QED) is 0.0729. The molecule has 1 heterocycles. The van der Waals surface area contributed by atoms with Crippen LogP contribution in [0.5, 0.6) is 5.75 Å². The van der Waals surface area contributed by atoms with Gasteiger partial charge in [0, 0.05) is 18.0 Å². The highest BCUT2D eigenvalue weighted by molar-refractivity contribution is 5.56. The van der Waals surface area contributed by atoms with Crippen LogP contribution < -0.4 is 4.74 Å². The lowest BCUT2D eigenvalue weighted by molar-refractivity contribution is -0.577. The summed E-state index contributed by atoms with van der Waals surface area (Å²) in [5.41, 5.74) is 0.561. The van der Waals surface area contributed by atoms with Gasteiger partial charge in [0.1, 0.15) is 5.75 Å². The summed E-state index contributed by atoms with van der Waals surface area (Å²) in [5, 5.41) is 0. The molecule has 0 spiro atoms. The molecule has 0 aliphatic heterocycles. The van der Waals surface area contributed by atoms with Crippen LogP contribution in [0.1, 0.15) is 51.0 Å². The Morgan fingerprint density at radius 1 is 0.439 bits per heavy atom. The van der Waals surface area contributed by atoms with Crippen LogP contribution in [0.2, 0.25) is 0 Å². The monoisotopic (exact) mass is 1030 g/mol. The van der Waals surface area contributed by atoms with Crippen molar-refractivity contribution in [1.82, 2.24) is 9.97 Å². The minimum Gasteiger partial charge on any atom is -0.454 e. The molecule has 0 fully saturated rings. The number of rotatable bonds is 25. The highest BCUT2D eigenvalue weighted by Gasteiger charge is 2.91. The molecule has 0 aliphatic carbocycles. The van der Waals surface area contributed by atoms with E-state index in [4.69, 9.17) is 0 Å². The fourth-order valence-electron chi connectivity index (χ4n) is 4.56. The second-order valence-electron chi connectivity index (χ2n) is 13.3. The molecule has 34 heteroatoms. The van der Waals surface area contributed by atoms with Gasteiger partial charge in [0.2, 0.25) is 0 Å². The van der Waals surface area contributed by atoms with Crippen molar-refractivity contribution in [3.63, 3.8) is 0 Å². The lowest BCUT2D eigenvalue weighted by atomic mass is 9.97. The number of aryl methyl sites for hydroxylation is 1. The minimum absolute atomic E-state index is 0.0775. The minimum atomic E-state index is -8.88. The van der Waals surface area contributed by atoms with Crippen LogP contribution >= 0.6 is 0 Å². The Morgan fingerprint density at radius 2 is 0.803 bits per heavy atom. The predicted octanol–water partition coefficient (Wildman–Crippen LogP) is 13.7. The van der Waals surface area contributed by atoms with Crippen LogP contribution in [0.3, 0.4) is 0 Å². The molecule has 1 aromatic heterocycles. The maximum absolute atomic E-state index is 14.4. The van der Waals surface area contributed by atoms with Crippen molar-refractivity contribution in [3.05, 3.63) is 42.2 Å². The first-order valence-electron chi connectivity index (χ1n) is 17.2. The van der Waals surface area contributed by atoms with Gasteiger partial charge < -0.3 is 4.74 Å². The van der Waals surface area contributed by atoms with Crippen LogP contribution in [0, 0.1) is 0 Å².